The van der Waals surface area contributed by atoms with Gasteiger partial charge in [0.1, 0.15) is 18.1 Å². The van der Waals surface area contributed by atoms with Crippen LogP contribution < -0.4 is 0 Å². The third-order valence-electron chi connectivity index (χ3n) is 3.96. The van der Waals surface area contributed by atoms with Crippen molar-refractivity contribution >= 4 is 5.97 Å². The Morgan fingerprint density at radius 3 is 3.12 bits per heavy atom. The second-order valence-electron chi connectivity index (χ2n) is 5.69. The zero-order chi connectivity index (χ0) is 16.9. The van der Waals surface area contributed by atoms with E-state index in [1.807, 2.05) is 12.1 Å². The summed E-state index contributed by atoms with van der Waals surface area (Å²) in [5.74, 6) is 0.620. The number of aromatic carboxylic acids is 1. The third-order valence-corrected chi connectivity index (χ3v) is 3.96. The van der Waals surface area contributed by atoms with Crippen LogP contribution >= 0.6 is 0 Å². The molecule has 0 aromatic carbocycles. The first-order valence-corrected chi connectivity index (χ1v) is 7.74. The number of furan rings is 1. The molecule has 1 aliphatic heterocycles. The van der Waals surface area contributed by atoms with Crippen LogP contribution in [-0.2, 0) is 22.6 Å². The number of rotatable bonds is 6. The molecule has 0 saturated carbocycles. The van der Waals surface area contributed by atoms with Crippen LogP contribution in [0.15, 0.2) is 35.0 Å². The number of aromatic nitrogens is 1. The molecule has 0 spiro atoms. The van der Waals surface area contributed by atoms with Crippen molar-refractivity contribution in [3.8, 4) is 0 Å². The first kappa shape index (κ1) is 16.6. The van der Waals surface area contributed by atoms with Crippen LogP contribution in [0, 0.1) is 0 Å². The molecule has 1 unspecified atom stereocenters. The molecule has 128 valence electrons. The molecule has 0 radical (unpaired) electrons. The van der Waals surface area contributed by atoms with Gasteiger partial charge < -0.3 is 19.0 Å². The smallest absolute Gasteiger partial charge is 0.337 e. The largest absolute Gasteiger partial charge is 0.478 e. The van der Waals surface area contributed by atoms with Crippen LogP contribution in [0.2, 0.25) is 0 Å². The van der Waals surface area contributed by atoms with Crippen LogP contribution in [0.4, 0.5) is 0 Å². The van der Waals surface area contributed by atoms with Crippen LogP contribution in [0.5, 0.6) is 0 Å². The first-order chi connectivity index (χ1) is 11.7. The maximum absolute atomic E-state index is 11.1. The Hall–Kier alpha value is -2.22. The lowest BCUT2D eigenvalue weighted by Gasteiger charge is -2.34. The average Bonchev–Trinajstić information content (AvgIpc) is 3.04. The van der Waals surface area contributed by atoms with E-state index in [4.69, 9.17) is 19.0 Å². The highest BCUT2D eigenvalue weighted by atomic mass is 16.5. The number of pyridine rings is 1. The molecule has 7 nitrogen and oxygen atoms in total. The molecule has 3 rings (SSSR count). The van der Waals surface area contributed by atoms with Crippen molar-refractivity contribution in [2.45, 2.75) is 19.2 Å². The topological polar surface area (TPSA) is 85.0 Å². The minimum absolute atomic E-state index is 0.0159. The van der Waals surface area contributed by atoms with Crippen molar-refractivity contribution in [1.29, 1.82) is 0 Å². The van der Waals surface area contributed by atoms with E-state index in [0.29, 0.717) is 26.4 Å². The van der Waals surface area contributed by atoms with E-state index in [1.165, 1.54) is 6.20 Å². The molecule has 24 heavy (non-hydrogen) atoms. The number of carboxylic acids is 1. The summed E-state index contributed by atoms with van der Waals surface area (Å²) >= 11 is 0. The monoisotopic (exact) mass is 332 g/mol. The van der Waals surface area contributed by atoms with Crippen molar-refractivity contribution in [2.24, 2.45) is 0 Å². The standard InChI is InChI=1S/C17H20N2O5/c1-22-10-14-2-3-16(24-14)15-11-23-5-4-19(15)9-12-6-13(17(20)21)8-18-7-12/h2-3,6-8,15H,4-5,9-11H2,1H3,(H,20,21). The molecule has 3 heterocycles. The molecule has 1 fully saturated rings. The van der Waals surface area contributed by atoms with Gasteiger partial charge in [-0.05, 0) is 23.8 Å². The van der Waals surface area contributed by atoms with Crippen LogP contribution in [-0.4, -0.2) is 47.8 Å². The summed E-state index contributed by atoms with van der Waals surface area (Å²) in [4.78, 5) is 17.3. The van der Waals surface area contributed by atoms with Crippen LogP contribution in [0.25, 0.3) is 0 Å². The van der Waals surface area contributed by atoms with E-state index in [1.54, 1.807) is 19.4 Å². The lowest BCUT2D eigenvalue weighted by Crippen LogP contribution is -2.38. The molecule has 7 heteroatoms. The molecule has 1 atom stereocenters. The summed E-state index contributed by atoms with van der Waals surface area (Å²) in [7, 11) is 1.63. The van der Waals surface area contributed by atoms with Gasteiger partial charge in [0, 0.05) is 32.6 Å². The van der Waals surface area contributed by atoms with Gasteiger partial charge in [0.25, 0.3) is 0 Å². The van der Waals surface area contributed by atoms with Gasteiger partial charge in [-0.1, -0.05) is 0 Å². The quantitative estimate of drug-likeness (QED) is 0.867. The first-order valence-electron chi connectivity index (χ1n) is 7.74. The number of carbonyl (C=O) groups is 1. The lowest BCUT2D eigenvalue weighted by molar-refractivity contribution is -0.0211. The molecule has 2 aromatic rings. The Bertz CT molecular complexity index is 700. The fraction of sp³-hybridized carbons (Fsp3) is 0.412. The summed E-state index contributed by atoms with van der Waals surface area (Å²) in [6.07, 6.45) is 3.05. The highest BCUT2D eigenvalue weighted by molar-refractivity contribution is 5.87. The Morgan fingerprint density at radius 1 is 1.46 bits per heavy atom. The van der Waals surface area contributed by atoms with Crippen LogP contribution in [0.1, 0.15) is 33.5 Å². The molecule has 2 aromatic heterocycles. The van der Waals surface area contributed by atoms with Gasteiger partial charge >= 0.3 is 5.97 Å². The number of ether oxygens (including phenoxy) is 2. The zero-order valence-corrected chi connectivity index (χ0v) is 13.5. The maximum atomic E-state index is 11.1. The van der Waals surface area contributed by atoms with Gasteiger partial charge in [-0.2, -0.15) is 0 Å². The maximum Gasteiger partial charge on any atom is 0.337 e. The van der Waals surface area contributed by atoms with Gasteiger partial charge in [0.05, 0.1) is 24.8 Å². The highest BCUT2D eigenvalue weighted by Gasteiger charge is 2.27. The summed E-state index contributed by atoms with van der Waals surface area (Å²) in [6.45, 7) is 2.92. The van der Waals surface area contributed by atoms with E-state index in [2.05, 4.69) is 9.88 Å². The number of methoxy groups -OCH3 is 1. The minimum atomic E-state index is -0.974. The molecule has 0 amide bonds. The normalized spacial score (nSPS) is 18.6. The van der Waals surface area contributed by atoms with E-state index in [-0.39, 0.29) is 11.6 Å². The molecule has 1 aliphatic rings. The SMILES string of the molecule is COCc1ccc(C2COCCN2Cc2cncc(C(=O)O)c2)o1. The molecule has 0 aliphatic carbocycles. The Morgan fingerprint density at radius 2 is 2.33 bits per heavy atom. The fourth-order valence-electron chi connectivity index (χ4n) is 2.81. The van der Waals surface area contributed by atoms with Crippen molar-refractivity contribution in [2.75, 3.05) is 26.9 Å². The number of morpholine rings is 1. The number of hydrogen-bond acceptors (Lipinski definition) is 6. The van der Waals surface area contributed by atoms with Gasteiger partial charge in [-0.25, -0.2) is 4.79 Å². The predicted molar refractivity (Wildman–Crippen MR) is 84.6 cm³/mol. The summed E-state index contributed by atoms with van der Waals surface area (Å²) in [6, 6.07) is 5.48. The Kier molecular flexibility index (Phi) is 5.24. The molecule has 1 saturated heterocycles. The van der Waals surface area contributed by atoms with E-state index in [0.717, 1.165) is 23.6 Å². The van der Waals surface area contributed by atoms with Crippen molar-refractivity contribution in [3.63, 3.8) is 0 Å². The van der Waals surface area contributed by atoms with Gasteiger partial charge in [-0.15, -0.1) is 0 Å². The lowest BCUT2D eigenvalue weighted by atomic mass is 10.1. The second kappa shape index (κ2) is 7.57. The molecular weight excluding hydrogens is 312 g/mol. The van der Waals surface area contributed by atoms with E-state index < -0.39 is 5.97 Å². The summed E-state index contributed by atoms with van der Waals surface area (Å²) < 4.78 is 16.5. The van der Waals surface area contributed by atoms with Crippen molar-refractivity contribution in [1.82, 2.24) is 9.88 Å². The predicted octanol–water partition coefficient (Wildman–Crippen LogP) is 2.09. The fourth-order valence-corrected chi connectivity index (χ4v) is 2.81. The van der Waals surface area contributed by atoms with Crippen molar-refractivity contribution < 1.29 is 23.8 Å². The molecule has 1 N–H and O–H groups in total. The Balaban J connectivity index is 1.76. The highest BCUT2D eigenvalue weighted by Crippen LogP contribution is 2.27. The summed E-state index contributed by atoms with van der Waals surface area (Å²) in [5.41, 5.74) is 1.04. The zero-order valence-electron chi connectivity index (χ0n) is 13.5. The second-order valence-corrected chi connectivity index (χ2v) is 5.69. The van der Waals surface area contributed by atoms with Crippen LogP contribution in [0.3, 0.4) is 0 Å². The van der Waals surface area contributed by atoms with Crippen molar-refractivity contribution in [3.05, 3.63) is 53.2 Å². The van der Waals surface area contributed by atoms with Gasteiger partial charge in [0.15, 0.2) is 0 Å². The number of carboxylic acid groups (broad SMARTS) is 1. The average molecular weight is 332 g/mol. The van der Waals surface area contributed by atoms with Gasteiger partial charge in [0.2, 0.25) is 0 Å². The number of nitrogens with zero attached hydrogens (tertiary/aromatic N) is 2. The van der Waals surface area contributed by atoms with E-state index >= 15 is 0 Å². The number of hydrogen-bond donors (Lipinski definition) is 1. The minimum Gasteiger partial charge on any atom is -0.478 e. The Labute approximate surface area is 139 Å². The molecule has 0 bridgehead atoms. The summed E-state index contributed by atoms with van der Waals surface area (Å²) in [5, 5.41) is 9.10. The van der Waals surface area contributed by atoms with E-state index in [9.17, 15) is 4.79 Å². The molecular formula is C17H20N2O5. The van der Waals surface area contributed by atoms with Gasteiger partial charge in [-0.3, -0.25) is 9.88 Å². The third kappa shape index (κ3) is 3.81.